The highest BCUT2D eigenvalue weighted by Crippen LogP contribution is 2.35. The summed E-state index contributed by atoms with van der Waals surface area (Å²) in [5.41, 5.74) is 6.00. The molecule has 94 valence electrons. The maximum atomic E-state index is 13.3. The number of ether oxygens (including phenoxy) is 1. The van der Waals surface area contributed by atoms with E-state index in [-0.39, 0.29) is 23.3 Å². The Morgan fingerprint density at radius 2 is 2.29 bits per heavy atom. The predicted octanol–water partition coefficient (Wildman–Crippen LogP) is -0.00400. The largest absolute Gasteiger partial charge is 0.487 e. The van der Waals surface area contributed by atoms with E-state index < -0.39 is 15.8 Å². The van der Waals surface area contributed by atoms with Gasteiger partial charge in [0.1, 0.15) is 22.6 Å². The molecule has 1 aliphatic rings. The van der Waals surface area contributed by atoms with E-state index in [9.17, 15) is 12.8 Å². The first-order valence-electron chi connectivity index (χ1n) is 5.10. The van der Waals surface area contributed by atoms with E-state index >= 15 is 0 Å². The second kappa shape index (κ2) is 4.25. The summed E-state index contributed by atoms with van der Waals surface area (Å²) in [4.78, 5) is -0.175. The van der Waals surface area contributed by atoms with E-state index in [4.69, 9.17) is 10.5 Å². The van der Waals surface area contributed by atoms with Crippen molar-refractivity contribution in [3.63, 3.8) is 0 Å². The Morgan fingerprint density at radius 3 is 2.88 bits per heavy atom. The van der Waals surface area contributed by atoms with Gasteiger partial charge in [0.2, 0.25) is 10.0 Å². The molecule has 3 N–H and O–H groups in total. The van der Waals surface area contributed by atoms with Crippen LogP contribution in [0.25, 0.3) is 0 Å². The average Bonchev–Trinajstić information content (AvgIpc) is 2.70. The molecule has 0 radical (unpaired) electrons. The van der Waals surface area contributed by atoms with E-state index in [1.807, 2.05) is 0 Å². The Balaban J connectivity index is 2.57. The predicted molar refractivity (Wildman–Crippen MR) is 59.8 cm³/mol. The summed E-state index contributed by atoms with van der Waals surface area (Å²) in [7, 11) is -2.47. The van der Waals surface area contributed by atoms with Crippen molar-refractivity contribution in [2.45, 2.75) is 17.4 Å². The number of hydrogen-bond acceptors (Lipinski definition) is 4. The third kappa shape index (κ3) is 2.13. The Bertz CT molecular complexity index is 545. The van der Waals surface area contributed by atoms with Gasteiger partial charge in [-0.3, -0.25) is 0 Å². The van der Waals surface area contributed by atoms with Crippen LogP contribution in [-0.2, 0) is 16.4 Å². The summed E-state index contributed by atoms with van der Waals surface area (Å²) in [6, 6.07) is 2.23. The minimum absolute atomic E-state index is 0.175. The number of sulfonamides is 1. The van der Waals surface area contributed by atoms with Crippen molar-refractivity contribution in [3.8, 4) is 5.75 Å². The van der Waals surface area contributed by atoms with Crippen molar-refractivity contribution in [2.24, 2.45) is 5.73 Å². The van der Waals surface area contributed by atoms with Gasteiger partial charge in [0.25, 0.3) is 0 Å². The van der Waals surface area contributed by atoms with Crippen LogP contribution in [0.5, 0.6) is 5.75 Å². The number of hydrogen-bond donors (Lipinski definition) is 2. The van der Waals surface area contributed by atoms with Crippen molar-refractivity contribution in [1.82, 2.24) is 4.72 Å². The van der Waals surface area contributed by atoms with Crippen LogP contribution in [0, 0.1) is 5.82 Å². The van der Waals surface area contributed by atoms with Gasteiger partial charge in [-0.15, -0.1) is 0 Å². The average molecular weight is 260 g/mol. The standard InChI is InChI=1S/C10H13FN2O3S/c1-13-17(14,15)9-4-7(11)2-6-3-8(5-12)16-10(6)9/h2,4,8,13H,3,5,12H2,1H3. The highest BCUT2D eigenvalue weighted by molar-refractivity contribution is 7.89. The highest BCUT2D eigenvalue weighted by atomic mass is 32.2. The van der Waals surface area contributed by atoms with Gasteiger partial charge >= 0.3 is 0 Å². The van der Waals surface area contributed by atoms with Crippen molar-refractivity contribution in [2.75, 3.05) is 13.6 Å². The topological polar surface area (TPSA) is 81.4 Å². The molecule has 17 heavy (non-hydrogen) atoms. The third-order valence-corrected chi connectivity index (χ3v) is 4.07. The van der Waals surface area contributed by atoms with E-state index in [1.165, 1.54) is 13.1 Å². The molecule has 1 atom stereocenters. The van der Waals surface area contributed by atoms with Crippen molar-refractivity contribution < 1.29 is 17.5 Å². The number of rotatable bonds is 3. The van der Waals surface area contributed by atoms with Crippen LogP contribution < -0.4 is 15.2 Å². The molecule has 2 rings (SSSR count). The van der Waals surface area contributed by atoms with E-state index in [2.05, 4.69) is 4.72 Å². The molecule has 0 fully saturated rings. The molecule has 0 aromatic heterocycles. The first-order chi connectivity index (χ1) is 7.97. The minimum Gasteiger partial charge on any atom is -0.487 e. The molecule has 0 saturated carbocycles. The molecule has 0 aliphatic carbocycles. The molecule has 5 nitrogen and oxygen atoms in total. The molecule has 1 unspecified atom stereocenters. The van der Waals surface area contributed by atoms with Crippen LogP contribution in [0.1, 0.15) is 5.56 Å². The lowest BCUT2D eigenvalue weighted by molar-refractivity contribution is 0.236. The number of fused-ring (bicyclic) bond motifs is 1. The number of halogens is 1. The fourth-order valence-corrected chi connectivity index (χ4v) is 2.71. The van der Waals surface area contributed by atoms with Crippen LogP contribution in [0.15, 0.2) is 17.0 Å². The minimum atomic E-state index is -3.73. The van der Waals surface area contributed by atoms with Gasteiger partial charge in [-0.25, -0.2) is 17.5 Å². The van der Waals surface area contributed by atoms with E-state index in [1.54, 1.807) is 0 Å². The Morgan fingerprint density at radius 1 is 1.59 bits per heavy atom. The van der Waals surface area contributed by atoms with Crippen LogP contribution in [0.2, 0.25) is 0 Å². The maximum absolute atomic E-state index is 13.3. The van der Waals surface area contributed by atoms with Crippen LogP contribution >= 0.6 is 0 Å². The lowest BCUT2D eigenvalue weighted by Crippen LogP contribution is -2.25. The zero-order valence-electron chi connectivity index (χ0n) is 9.23. The summed E-state index contributed by atoms with van der Waals surface area (Å²) in [6.45, 7) is 0.259. The van der Waals surface area contributed by atoms with Crippen LogP contribution in [0.3, 0.4) is 0 Å². The molecule has 0 amide bonds. The molecule has 7 heteroatoms. The maximum Gasteiger partial charge on any atom is 0.244 e. The molecular formula is C10H13FN2O3S. The molecule has 1 aromatic carbocycles. The second-order valence-electron chi connectivity index (χ2n) is 3.78. The van der Waals surface area contributed by atoms with Crippen LogP contribution in [-0.4, -0.2) is 28.1 Å². The molecule has 1 heterocycles. The Labute approximate surface area is 98.8 Å². The van der Waals surface area contributed by atoms with Gasteiger partial charge in [0.15, 0.2) is 0 Å². The highest BCUT2D eigenvalue weighted by Gasteiger charge is 2.30. The summed E-state index contributed by atoms with van der Waals surface area (Å²) in [5, 5.41) is 0. The van der Waals surface area contributed by atoms with E-state index in [0.29, 0.717) is 12.0 Å². The Hall–Kier alpha value is -1.18. The zero-order valence-corrected chi connectivity index (χ0v) is 10.1. The molecular weight excluding hydrogens is 247 g/mol. The SMILES string of the molecule is CNS(=O)(=O)c1cc(F)cc2c1OC(CN)C2. The summed E-state index contributed by atoms with van der Waals surface area (Å²) in [6.07, 6.45) is 0.133. The lowest BCUT2D eigenvalue weighted by atomic mass is 10.1. The molecule has 0 saturated heterocycles. The number of benzene rings is 1. The van der Waals surface area contributed by atoms with Gasteiger partial charge < -0.3 is 10.5 Å². The third-order valence-electron chi connectivity index (χ3n) is 2.65. The van der Waals surface area contributed by atoms with E-state index in [0.717, 1.165) is 6.07 Å². The lowest BCUT2D eigenvalue weighted by Gasteiger charge is -2.10. The fourth-order valence-electron chi connectivity index (χ4n) is 1.80. The molecule has 0 spiro atoms. The van der Waals surface area contributed by atoms with Gasteiger partial charge in [-0.1, -0.05) is 0 Å². The summed E-state index contributed by atoms with van der Waals surface area (Å²) >= 11 is 0. The van der Waals surface area contributed by atoms with Crippen molar-refractivity contribution in [3.05, 3.63) is 23.5 Å². The van der Waals surface area contributed by atoms with Crippen molar-refractivity contribution >= 4 is 10.0 Å². The van der Waals surface area contributed by atoms with Crippen LogP contribution in [0.4, 0.5) is 4.39 Å². The summed E-state index contributed by atoms with van der Waals surface area (Å²) < 4.78 is 44.3. The molecule has 1 aliphatic heterocycles. The van der Waals surface area contributed by atoms with Gasteiger partial charge in [0.05, 0.1) is 0 Å². The smallest absolute Gasteiger partial charge is 0.244 e. The monoisotopic (exact) mass is 260 g/mol. The first kappa shape index (κ1) is 12.3. The first-order valence-corrected chi connectivity index (χ1v) is 6.59. The summed E-state index contributed by atoms with van der Waals surface area (Å²) in [5.74, 6) is -0.393. The fraction of sp³-hybridized carbons (Fsp3) is 0.400. The number of nitrogens with one attached hydrogen (secondary N) is 1. The van der Waals surface area contributed by atoms with Gasteiger partial charge in [-0.2, -0.15) is 0 Å². The molecule has 1 aromatic rings. The van der Waals surface area contributed by atoms with Gasteiger partial charge in [-0.05, 0) is 19.2 Å². The number of nitrogens with two attached hydrogens (primary N) is 1. The Kier molecular flexibility index (Phi) is 3.07. The molecule has 0 bridgehead atoms. The zero-order chi connectivity index (χ0) is 12.6. The quantitative estimate of drug-likeness (QED) is 0.801. The normalized spacial score (nSPS) is 18.9. The second-order valence-corrected chi connectivity index (χ2v) is 5.63. The van der Waals surface area contributed by atoms with Crippen molar-refractivity contribution in [1.29, 1.82) is 0 Å². The van der Waals surface area contributed by atoms with Gasteiger partial charge in [0, 0.05) is 18.5 Å².